The van der Waals surface area contributed by atoms with Gasteiger partial charge < -0.3 is 0 Å². The minimum Gasteiger partial charge on any atom is -0.248 e. The Bertz CT molecular complexity index is 847. The van der Waals surface area contributed by atoms with E-state index in [1.54, 1.807) is 0 Å². The van der Waals surface area contributed by atoms with Gasteiger partial charge in [0.05, 0.1) is 11.4 Å². The predicted octanol–water partition coefficient (Wildman–Crippen LogP) is 6.56. The zero-order chi connectivity index (χ0) is 16.8. The van der Waals surface area contributed by atoms with Gasteiger partial charge in [-0.1, -0.05) is 72.3 Å². The molecule has 3 aromatic carbocycles. The first-order valence-corrected chi connectivity index (χ1v) is 8.23. The molecule has 2 heteroatoms. The van der Waals surface area contributed by atoms with E-state index >= 15 is 0 Å². The van der Waals surface area contributed by atoms with Crippen molar-refractivity contribution in [2.24, 2.45) is 4.99 Å². The Morgan fingerprint density at radius 2 is 1.29 bits per heavy atom. The van der Waals surface area contributed by atoms with E-state index in [1.807, 2.05) is 60.7 Å². The summed E-state index contributed by atoms with van der Waals surface area (Å²) in [6.07, 6.45) is 2.12. The fourth-order valence-corrected chi connectivity index (χ4v) is 2.56. The van der Waals surface area contributed by atoms with E-state index in [0.717, 1.165) is 17.0 Å². The monoisotopic (exact) mass is 331 g/mol. The number of halogens is 1. The molecule has 0 N–H and O–H groups in total. The number of rotatable bonds is 4. The van der Waals surface area contributed by atoms with Crippen LogP contribution in [-0.4, -0.2) is 5.71 Å². The third kappa shape index (κ3) is 4.21. The van der Waals surface area contributed by atoms with Crippen LogP contribution in [-0.2, 0) is 0 Å². The van der Waals surface area contributed by atoms with Gasteiger partial charge in [0.15, 0.2) is 0 Å². The van der Waals surface area contributed by atoms with Crippen molar-refractivity contribution in [2.45, 2.75) is 6.92 Å². The average molecular weight is 332 g/mol. The van der Waals surface area contributed by atoms with Crippen LogP contribution in [0.2, 0.25) is 5.02 Å². The van der Waals surface area contributed by atoms with Crippen LogP contribution in [0.3, 0.4) is 0 Å². The lowest BCUT2D eigenvalue weighted by Crippen LogP contribution is -1.97. The Balaban J connectivity index is 2.04. The molecule has 0 bridgehead atoms. The number of aliphatic imine (C=N–C) groups is 1. The van der Waals surface area contributed by atoms with Gasteiger partial charge >= 0.3 is 0 Å². The molecule has 24 heavy (non-hydrogen) atoms. The van der Waals surface area contributed by atoms with Crippen LogP contribution in [0.15, 0.2) is 96.0 Å². The summed E-state index contributed by atoms with van der Waals surface area (Å²) in [5, 5.41) is 0.714. The van der Waals surface area contributed by atoms with E-state index in [2.05, 4.69) is 37.3 Å². The summed E-state index contributed by atoms with van der Waals surface area (Å²) in [5.41, 5.74) is 5.27. The van der Waals surface area contributed by atoms with Gasteiger partial charge in [-0.3, -0.25) is 0 Å². The van der Waals surface area contributed by atoms with Crippen molar-refractivity contribution in [1.82, 2.24) is 0 Å². The molecule has 3 rings (SSSR count). The van der Waals surface area contributed by atoms with Crippen LogP contribution in [0.4, 0.5) is 5.69 Å². The molecule has 0 unspecified atom stereocenters. The number of hydrogen-bond donors (Lipinski definition) is 0. The van der Waals surface area contributed by atoms with Crippen molar-refractivity contribution in [3.63, 3.8) is 0 Å². The maximum Gasteiger partial charge on any atom is 0.0712 e. The van der Waals surface area contributed by atoms with Gasteiger partial charge in [0.1, 0.15) is 0 Å². The zero-order valence-electron chi connectivity index (χ0n) is 13.5. The standard InChI is InChI=1S/C22H18ClN/c1-17(18-8-4-2-5-9-18)16-22(19-10-6-3-7-11-19)24-21-14-12-20(23)13-15-21/h2-16H,1H3/b17-16-,24-22?. The van der Waals surface area contributed by atoms with Gasteiger partial charge in [0.25, 0.3) is 0 Å². The SMILES string of the molecule is C/C(=C/C(=Nc1ccc(Cl)cc1)c1ccccc1)c1ccccc1. The molecule has 1 nitrogen and oxygen atoms in total. The van der Waals surface area contributed by atoms with E-state index < -0.39 is 0 Å². The minimum absolute atomic E-state index is 0.714. The van der Waals surface area contributed by atoms with Crippen LogP contribution in [0, 0.1) is 0 Å². The van der Waals surface area contributed by atoms with Crippen molar-refractivity contribution in [3.05, 3.63) is 107 Å². The van der Waals surface area contributed by atoms with Crippen LogP contribution >= 0.6 is 11.6 Å². The van der Waals surface area contributed by atoms with Crippen LogP contribution in [0.25, 0.3) is 5.57 Å². The van der Waals surface area contributed by atoms with Gasteiger partial charge in [0, 0.05) is 10.6 Å². The number of nitrogens with zero attached hydrogens (tertiary/aromatic N) is 1. The molecule has 0 aliphatic carbocycles. The quantitative estimate of drug-likeness (QED) is 0.480. The molecule has 0 atom stereocenters. The zero-order valence-corrected chi connectivity index (χ0v) is 14.2. The molecule has 0 fully saturated rings. The fourth-order valence-electron chi connectivity index (χ4n) is 2.43. The normalized spacial score (nSPS) is 12.2. The molecule has 3 aromatic rings. The molecule has 0 aliphatic heterocycles. The Labute approximate surface area is 148 Å². The summed E-state index contributed by atoms with van der Waals surface area (Å²) in [5.74, 6) is 0. The van der Waals surface area contributed by atoms with Gasteiger partial charge in [0.2, 0.25) is 0 Å². The van der Waals surface area contributed by atoms with Crippen LogP contribution < -0.4 is 0 Å². The molecule has 0 aliphatic rings. The maximum absolute atomic E-state index is 5.97. The summed E-state index contributed by atoms with van der Waals surface area (Å²) >= 11 is 5.97. The van der Waals surface area contributed by atoms with Crippen molar-refractivity contribution >= 4 is 28.6 Å². The Morgan fingerprint density at radius 3 is 1.88 bits per heavy atom. The molecule has 0 saturated carbocycles. The molecule has 0 radical (unpaired) electrons. The smallest absolute Gasteiger partial charge is 0.0712 e. The van der Waals surface area contributed by atoms with Crippen LogP contribution in [0.1, 0.15) is 18.1 Å². The second-order valence-electron chi connectivity index (χ2n) is 5.53. The predicted molar refractivity (Wildman–Crippen MR) is 104 cm³/mol. The lowest BCUT2D eigenvalue weighted by Gasteiger charge is -2.06. The lowest BCUT2D eigenvalue weighted by molar-refractivity contribution is 1.49. The van der Waals surface area contributed by atoms with Gasteiger partial charge in [-0.25, -0.2) is 4.99 Å². The molecule has 0 spiro atoms. The average Bonchev–Trinajstić information content (AvgIpc) is 2.64. The third-order valence-corrected chi connectivity index (χ3v) is 3.98. The van der Waals surface area contributed by atoms with Crippen molar-refractivity contribution in [3.8, 4) is 0 Å². The summed E-state index contributed by atoms with van der Waals surface area (Å²) < 4.78 is 0. The highest BCUT2D eigenvalue weighted by atomic mass is 35.5. The van der Waals surface area contributed by atoms with E-state index in [9.17, 15) is 0 Å². The molecule has 0 aromatic heterocycles. The Morgan fingerprint density at radius 1 is 0.750 bits per heavy atom. The molecule has 118 valence electrons. The van der Waals surface area contributed by atoms with E-state index in [0.29, 0.717) is 5.02 Å². The van der Waals surface area contributed by atoms with Gasteiger partial charge in [-0.2, -0.15) is 0 Å². The Kier molecular flexibility index (Phi) is 5.25. The first-order chi connectivity index (χ1) is 11.7. The molecule has 0 heterocycles. The van der Waals surface area contributed by atoms with Gasteiger partial charge in [-0.05, 0) is 48.4 Å². The second kappa shape index (κ2) is 7.76. The number of benzene rings is 3. The highest BCUT2D eigenvalue weighted by Gasteiger charge is 2.03. The molecule has 0 amide bonds. The highest BCUT2D eigenvalue weighted by Crippen LogP contribution is 2.20. The Hall–Kier alpha value is -2.64. The summed E-state index contributed by atoms with van der Waals surface area (Å²) in [4.78, 5) is 4.82. The topological polar surface area (TPSA) is 12.4 Å². The van der Waals surface area contributed by atoms with Crippen molar-refractivity contribution in [1.29, 1.82) is 0 Å². The molecule has 0 saturated heterocycles. The largest absolute Gasteiger partial charge is 0.248 e. The van der Waals surface area contributed by atoms with Gasteiger partial charge in [-0.15, -0.1) is 0 Å². The number of hydrogen-bond acceptors (Lipinski definition) is 1. The van der Waals surface area contributed by atoms with Crippen molar-refractivity contribution in [2.75, 3.05) is 0 Å². The molecular formula is C22H18ClN. The highest BCUT2D eigenvalue weighted by molar-refractivity contribution is 6.30. The van der Waals surface area contributed by atoms with Crippen molar-refractivity contribution < 1.29 is 0 Å². The maximum atomic E-state index is 5.97. The molecular weight excluding hydrogens is 314 g/mol. The first-order valence-electron chi connectivity index (χ1n) is 7.86. The van der Waals surface area contributed by atoms with Crippen LogP contribution in [0.5, 0.6) is 0 Å². The van der Waals surface area contributed by atoms with E-state index in [4.69, 9.17) is 16.6 Å². The van der Waals surface area contributed by atoms with E-state index in [1.165, 1.54) is 11.1 Å². The third-order valence-electron chi connectivity index (χ3n) is 3.73. The first kappa shape index (κ1) is 16.2. The summed E-state index contributed by atoms with van der Waals surface area (Å²) in [7, 11) is 0. The summed E-state index contributed by atoms with van der Waals surface area (Å²) in [6, 6.07) is 28.1. The summed E-state index contributed by atoms with van der Waals surface area (Å²) in [6.45, 7) is 2.11. The minimum atomic E-state index is 0.714. The second-order valence-corrected chi connectivity index (χ2v) is 5.97. The fraction of sp³-hybridized carbons (Fsp3) is 0.0455. The van der Waals surface area contributed by atoms with E-state index in [-0.39, 0.29) is 0 Å². The number of allylic oxidation sites excluding steroid dienone is 2. The lowest BCUT2D eigenvalue weighted by atomic mass is 10.0.